The zero-order chi connectivity index (χ0) is 21.3. The smallest absolute Gasteiger partial charge is 0.243 e. The van der Waals surface area contributed by atoms with Crippen LogP contribution >= 0.6 is 50.5 Å². The minimum absolute atomic E-state index is 0.307. The monoisotopic (exact) mass is 545 g/mol. The van der Waals surface area contributed by atoms with Crippen LogP contribution in [0.15, 0.2) is 57.2 Å². The number of piperazine rings is 1. The minimum atomic E-state index is -3.50. The Kier molecular flexibility index (Phi) is 6.72. The van der Waals surface area contributed by atoms with Crippen LogP contribution in [0.3, 0.4) is 0 Å². The Morgan fingerprint density at radius 1 is 1.07 bits per heavy atom. The molecule has 1 aromatic heterocycles. The number of hydrogen-bond acceptors (Lipinski definition) is 5. The van der Waals surface area contributed by atoms with Gasteiger partial charge in [-0.15, -0.1) is 11.3 Å². The predicted molar refractivity (Wildman–Crippen MR) is 126 cm³/mol. The van der Waals surface area contributed by atoms with Crippen molar-refractivity contribution >= 4 is 65.6 Å². The van der Waals surface area contributed by atoms with Crippen molar-refractivity contribution in [1.82, 2.24) is 9.29 Å². The maximum absolute atomic E-state index is 12.9. The van der Waals surface area contributed by atoms with Crippen molar-refractivity contribution in [2.24, 2.45) is 0 Å². The topological polar surface area (TPSA) is 53.5 Å². The summed E-state index contributed by atoms with van der Waals surface area (Å²) in [6.45, 7) is 2.04. The first-order chi connectivity index (χ1) is 14.3. The molecular weight excluding hydrogens is 529 g/mol. The van der Waals surface area contributed by atoms with Gasteiger partial charge in [-0.25, -0.2) is 13.4 Å². The van der Waals surface area contributed by atoms with Crippen molar-refractivity contribution in [2.45, 2.75) is 11.3 Å². The van der Waals surface area contributed by atoms with Gasteiger partial charge in [-0.05, 0) is 35.9 Å². The third-order valence-electron chi connectivity index (χ3n) is 4.87. The first-order valence-corrected chi connectivity index (χ1v) is 13.1. The lowest BCUT2D eigenvalue weighted by Crippen LogP contribution is -2.48. The number of benzene rings is 2. The normalized spacial score (nSPS) is 15.5. The predicted octanol–water partition coefficient (Wildman–Crippen LogP) is 5.31. The summed E-state index contributed by atoms with van der Waals surface area (Å²) in [5, 5.41) is 4.15. The molecule has 0 radical (unpaired) electrons. The highest BCUT2D eigenvalue weighted by molar-refractivity contribution is 9.10. The fourth-order valence-corrected chi connectivity index (χ4v) is 6.65. The Morgan fingerprint density at radius 2 is 1.83 bits per heavy atom. The largest absolute Gasteiger partial charge is 0.345 e. The number of hydrogen-bond donors (Lipinski definition) is 0. The molecule has 10 heteroatoms. The number of thiazole rings is 1. The van der Waals surface area contributed by atoms with E-state index in [1.165, 1.54) is 4.31 Å². The number of rotatable bonds is 5. The molecule has 1 saturated heterocycles. The average Bonchev–Trinajstić information content (AvgIpc) is 3.19. The second kappa shape index (κ2) is 9.14. The van der Waals surface area contributed by atoms with Gasteiger partial charge in [0.15, 0.2) is 5.13 Å². The van der Waals surface area contributed by atoms with Crippen LogP contribution in [0.4, 0.5) is 5.13 Å². The van der Waals surface area contributed by atoms with E-state index in [4.69, 9.17) is 28.2 Å². The molecule has 1 aliphatic rings. The third kappa shape index (κ3) is 4.84. The molecular formula is C20H18BrCl2N3O2S2. The highest BCUT2D eigenvalue weighted by atomic mass is 79.9. The SMILES string of the molecule is O=S(=O)(c1cccc(Br)c1)N1CCN(c2nc(Cc3ccc(Cl)cc3Cl)cs2)CC1. The van der Waals surface area contributed by atoms with E-state index in [0.29, 0.717) is 47.5 Å². The molecule has 2 aromatic carbocycles. The Morgan fingerprint density at radius 3 is 2.53 bits per heavy atom. The molecule has 0 aliphatic carbocycles. The second-order valence-electron chi connectivity index (χ2n) is 6.88. The Bertz CT molecular complexity index is 1160. The van der Waals surface area contributed by atoms with Gasteiger partial charge in [0, 0.05) is 52.5 Å². The lowest BCUT2D eigenvalue weighted by molar-refractivity contribution is 0.384. The van der Waals surface area contributed by atoms with E-state index in [1.54, 1.807) is 35.6 Å². The molecule has 0 N–H and O–H groups in total. The summed E-state index contributed by atoms with van der Waals surface area (Å²) in [5.41, 5.74) is 1.91. The Hall–Kier alpha value is -1.16. The number of aromatic nitrogens is 1. The lowest BCUT2D eigenvalue weighted by Gasteiger charge is -2.33. The molecule has 0 unspecified atom stereocenters. The molecule has 0 saturated carbocycles. The highest BCUT2D eigenvalue weighted by Crippen LogP contribution is 2.28. The Balaban J connectivity index is 1.41. The van der Waals surface area contributed by atoms with Gasteiger partial charge in [0.1, 0.15) is 0 Å². The van der Waals surface area contributed by atoms with E-state index < -0.39 is 10.0 Å². The zero-order valence-corrected chi connectivity index (χ0v) is 20.5. The molecule has 158 valence electrons. The van der Waals surface area contributed by atoms with E-state index in [-0.39, 0.29) is 0 Å². The standard InChI is InChI=1S/C20H18BrCl2N3O2S2/c21-15-2-1-3-18(11-15)30(27,28)26-8-6-25(7-9-26)20-24-17(13-29-20)10-14-4-5-16(22)12-19(14)23/h1-5,11-13H,6-10H2. The fourth-order valence-electron chi connectivity index (χ4n) is 3.28. The van der Waals surface area contributed by atoms with Crippen LogP contribution < -0.4 is 4.90 Å². The molecule has 2 heterocycles. The van der Waals surface area contributed by atoms with Crippen molar-refractivity contribution in [1.29, 1.82) is 0 Å². The van der Waals surface area contributed by atoms with E-state index in [2.05, 4.69) is 20.8 Å². The maximum atomic E-state index is 12.9. The molecule has 0 atom stereocenters. The summed E-state index contributed by atoms with van der Waals surface area (Å²) in [6.07, 6.45) is 0.629. The molecule has 1 aliphatic heterocycles. The van der Waals surface area contributed by atoms with E-state index in [1.807, 2.05) is 23.6 Å². The second-order valence-corrected chi connectivity index (χ2v) is 11.4. The summed E-state index contributed by atoms with van der Waals surface area (Å²) in [7, 11) is -3.50. The van der Waals surface area contributed by atoms with E-state index >= 15 is 0 Å². The van der Waals surface area contributed by atoms with Crippen LogP contribution in [0.2, 0.25) is 10.0 Å². The fraction of sp³-hybridized carbons (Fsp3) is 0.250. The van der Waals surface area contributed by atoms with Crippen molar-refractivity contribution < 1.29 is 8.42 Å². The van der Waals surface area contributed by atoms with E-state index in [9.17, 15) is 8.42 Å². The van der Waals surface area contributed by atoms with Gasteiger partial charge >= 0.3 is 0 Å². The summed E-state index contributed by atoms with van der Waals surface area (Å²) in [5.74, 6) is 0. The lowest BCUT2D eigenvalue weighted by atomic mass is 10.1. The molecule has 1 fully saturated rings. The molecule has 4 rings (SSSR count). The van der Waals surface area contributed by atoms with Gasteiger partial charge in [-0.2, -0.15) is 4.31 Å². The molecule has 30 heavy (non-hydrogen) atoms. The molecule has 5 nitrogen and oxygen atoms in total. The molecule has 0 amide bonds. The summed E-state index contributed by atoms with van der Waals surface area (Å²) >= 11 is 17.1. The molecule has 0 bridgehead atoms. The number of nitrogens with zero attached hydrogens (tertiary/aromatic N) is 3. The van der Waals surface area contributed by atoms with Crippen LogP contribution in [-0.4, -0.2) is 43.9 Å². The maximum Gasteiger partial charge on any atom is 0.243 e. The van der Waals surface area contributed by atoms with Crippen LogP contribution in [0.1, 0.15) is 11.3 Å². The van der Waals surface area contributed by atoms with Gasteiger partial charge in [0.25, 0.3) is 0 Å². The van der Waals surface area contributed by atoms with Crippen molar-refractivity contribution in [3.63, 3.8) is 0 Å². The summed E-state index contributed by atoms with van der Waals surface area (Å²) in [4.78, 5) is 7.17. The zero-order valence-electron chi connectivity index (χ0n) is 15.8. The minimum Gasteiger partial charge on any atom is -0.345 e. The first kappa shape index (κ1) is 22.0. The van der Waals surface area contributed by atoms with E-state index in [0.717, 1.165) is 20.9 Å². The number of halogens is 3. The summed E-state index contributed by atoms with van der Waals surface area (Å²) < 4.78 is 28.1. The summed E-state index contributed by atoms with van der Waals surface area (Å²) in [6, 6.07) is 12.3. The van der Waals surface area contributed by atoms with Crippen LogP contribution in [0, 0.1) is 0 Å². The third-order valence-corrected chi connectivity index (χ3v) is 8.79. The van der Waals surface area contributed by atoms with Crippen LogP contribution in [0.25, 0.3) is 0 Å². The highest BCUT2D eigenvalue weighted by Gasteiger charge is 2.29. The first-order valence-electron chi connectivity index (χ1n) is 9.22. The number of anilines is 1. The molecule has 3 aromatic rings. The quantitative estimate of drug-likeness (QED) is 0.435. The van der Waals surface area contributed by atoms with Gasteiger partial charge in [0.2, 0.25) is 10.0 Å². The van der Waals surface area contributed by atoms with Gasteiger partial charge in [-0.3, -0.25) is 0 Å². The Labute approximate surface area is 198 Å². The van der Waals surface area contributed by atoms with Gasteiger partial charge < -0.3 is 4.90 Å². The van der Waals surface area contributed by atoms with Gasteiger partial charge in [-0.1, -0.05) is 51.3 Å². The van der Waals surface area contributed by atoms with Gasteiger partial charge in [0.05, 0.1) is 10.6 Å². The van der Waals surface area contributed by atoms with Crippen molar-refractivity contribution in [3.8, 4) is 0 Å². The average molecular weight is 547 g/mol. The van der Waals surface area contributed by atoms with Crippen molar-refractivity contribution in [2.75, 3.05) is 31.1 Å². The number of sulfonamides is 1. The molecule has 0 spiro atoms. The van der Waals surface area contributed by atoms with Crippen LogP contribution in [0.5, 0.6) is 0 Å². The van der Waals surface area contributed by atoms with Crippen LogP contribution in [-0.2, 0) is 16.4 Å². The van der Waals surface area contributed by atoms with Crippen molar-refractivity contribution in [3.05, 3.63) is 73.6 Å².